The molecule has 0 spiro atoms. The van der Waals surface area contributed by atoms with Crippen LogP contribution in [0.2, 0.25) is 0 Å². The van der Waals surface area contributed by atoms with E-state index in [0.717, 1.165) is 36.0 Å². The first-order valence-electron chi connectivity index (χ1n) is 6.54. The monoisotopic (exact) mass is 284 g/mol. The lowest BCUT2D eigenvalue weighted by molar-refractivity contribution is -0.130. The predicted molar refractivity (Wildman–Crippen MR) is 77.2 cm³/mol. The van der Waals surface area contributed by atoms with Crippen LogP contribution in [0.15, 0.2) is 9.72 Å². The van der Waals surface area contributed by atoms with Crippen molar-refractivity contribution in [1.29, 1.82) is 0 Å². The van der Waals surface area contributed by atoms with Crippen LogP contribution in [-0.2, 0) is 4.79 Å². The fraction of sp³-hybridized carbons (Fsp3) is 0.692. The summed E-state index contributed by atoms with van der Waals surface area (Å²) in [6.45, 7) is 5.84. The lowest BCUT2D eigenvalue weighted by Gasteiger charge is -2.23. The van der Waals surface area contributed by atoms with E-state index in [4.69, 9.17) is 0 Å². The average molecular weight is 284 g/mol. The second kappa shape index (κ2) is 6.57. The molecule has 0 aromatic carbocycles. The van der Waals surface area contributed by atoms with Gasteiger partial charge in [-0.1, -0.05) is 24.6 Å². The van der Waals surface area contributed by atoms with Crippen LogP contribution in [0.4, 0.5) is 0 Å². The highest BCUT2D eigenvalue weighted by molar-refractivity contribution is 8.02. The van der Waals surface area contributed by atoms with E-state index in [9.17, 15) is 4.79 Å². The maximum atomic E-state index is 12.3. The number of amides is 1. The number of carbonyl (C=O) groups is 1. The number of hydrogen-bond donors (Lipinski definition) is 0. The molecule has 1 amide bonds. The van der Waals surface area contributed by atoms with Gasteiger partial charge in [0.05, 0.1) is 5.25 Å². The van der Waals surface area contributed by atoms with E-state index in [-0.39, 0.29) is 11.2 Å². The molecular formula is C13H20N2OS2. The zero-order valence-corrected chi connectivity index (χ0v) is 12.6. The molecule has 1 fully saturated rings. The van der Waals surface area contributed by atoms with E-state index >= 15 is 0 Å². The molecule has 1 aliphatic rings. The number of aromatic nitrogens is 1. The number of aryl methyl sites for hydroxylation is 1. The SMILES string of the molecule is Cc1csc(SC(C)C(=O)N2CCCCCC2)n1. The molecule has 18 heavy (non-hydrogen) atoms. The number of thioether (sulfide) groups is 1. The molecule has 1 aliphatic heterocycles. The van der Waals surface area contributed by atoms with E-state index < -0.39 is 0 Å². The van der Waals surface area contributed by atoms with Gasteiger partial charge < -0.3 is 4.90 Å². The fourth-order valence-corrected chi connectivity index (χ4v) is 4.21. The van der Waals surface area contributed by atoms with Gasteiger partial charge in [0.2, 0.25) is 5.91 Å². The summed E-state index contributed by atoms with van der Waals surface area (Å²) >= 11 is 3.22. The zero-order chi connectivity index (χ0) is 13.0. The Hall–Kier alpha value is -0.550. The van der Waals surface area contributed by atoms with Crippen molar-refractivity contribution in [3.8, 4) is 0 Å². The predicted octanol–water partition coefficient (Wildman–Crippen LogP) is 3.33. The Labute approximate surface area is 117 Å². The largest absolute Gasteiger partial charge is 0.342 e. The number of thiazole rings is 1. The van der Waals surface area contributed by atoms with Gasteiger partial charge in [-0.05, 0) is 26.7 Å². The summed E-state index contributed by atoms with van der Waals surface area (Å²) in [6.07, 6.45) is 4.83. The molecule has 1 unspecified atom stereocenters. The van der Waals surface area contributed by atoms with Crippen LogP contribution in [-0.4, -0.2) is 34.1 Å². The Bertz CT molecular complexity index is 397. The fourth-order valence-electron chi connectivity index (χ4n) is 2.14. The van der Waals surface area contributed by atoms with Crippen LogP contribution < -0.4 is 0 Å². The Morgan fingerprint density at radius 2 is 2.06 bits per heavy atom. The number of hydrogen-bond acceptors (Lipinski definition) is 4. The molecule has 0 N–H and O–H groups in total. The van der Waals surface area contributed by atoms with Gasteiger partial charge in [-0.25, -0.2) is 4.98 Å². The van der Waals surface area contributed by atoms with Crippen molar-refractivity contribution in [2.24, 2.45) is 0 Å². The van der Waals surface area contributed by atoms with Crippen LogP contribution in [0, 0.1) is 6.92 Å². The average Bonchev–Trinajstić information content (AvgIpc) is 2.62. The van der Waals surface area contributed by atoms with E-state index in [1.807, 2.05) is 24.1 Å². The standard InChI is InChI=1S/C13H20N2OS2/c1-10-9-17-13(14-10)18-11(2)12(16)15-7-5-3-4-6-8-15/h9,11H,3-8H2,1-2H3. The van der Waals surface area contributed by atoms with E-state index in [0.29, 0.717) is 0 Å². The second-order valence-electron chi connectivity index (χ2n) is 4.75. The van der Waals surface area contributed by atoms with Crippen LogP contribution in [0.1, 0.15) is 38.3 Å². The Morgan fingerprint density at radius 1 is 1.39 bits per heavy atom. The Morgan fingerprint density at radius 3 is 2.61 bits per heavy atom. The van der Waals surface area contributed by atoms with Crippen molar-refractivity contribution in [3.63, 3.8) is 0 Å². The third-order valence-electron chi connectivity index (χ3n) is 3.14. The lowest BCUT2D eigenvalue weighted by Crippen LogP contribution is -2.37. The number of carbonyl (C=O) groups excluding carboxylic acids is 1. The molecule has 0 radical (unpaired) electrons. The smallest absolute Gasteiger partial charge is 0.235 e. The van der Waals surface area contributed by atoms with Gasteiger partial charge in [0.1, 0.15) is 0 Å². The van der Waals surface area contributed by atoms with Crippen molar-refractivity contribution >= 4 is 29.0 Å². The van der Waals surface area contributed by atoms with E-state index in [1.54, 1.807) is 23.1 Å². The summed E-state index contributed by atoms with van der Waals surface area (Å²) in [5.74, 6) is 0.273. The summed E-state index contributed by atoms with van der Waals surface area (Å²) in [4.78, 5) is 18.8. The van der Waals surface area contributed by atoms with Crippen LogP contribution in [0.25, 0.3) is 0 Å². The normalized spacial score (nSPS) is 18.4. The molecule has 2 heterocycles. The highest BCUT2D eigenvalue weighted by atomic mass is 32.2. The lowest BCUT2D eigenvalue weighted by atomic mass is 10.2. The Balaban J connectivity index is 1.91. The van der Waals surface area contributed by atoms with Gasteiger partial charge >= 0.3 is 0 Å². The molecule has 0 bridgehead atoms. The maximum absolute atomic E-state index is 12.3. The summed E-state index contributed by atoms with van der Waals surface area (Å²) in [5, 5.41) is 2.01. The molecule has 1 aromatic rings. The first-order valence-corrected chi connectivity index (χ1v) is 8.30. The number of likely N-dealkylation sites (tertiary alicyclic amines) is 1. The topological polar surface area (TPSA) is 33.2 Å². The van der Waals surface area contributed by atoms with Gasteiger partial charge in [-0.15, -0.1) is 11.3 Å². The minimum absolute atomic E-state index is 0.0198. The van der Waals surface area contributed by atoms with Gasteiger partial charge in [0, 0.05) is 24.2 Å². The molecule has 2 rings (SSSR count). The van der Waals surface area contributed by atoms with Gasteiger partial charge in [-0.2, -0.15) is 0 Å². The molecule has 0 aliphatic carbocycles. The first-order chi connectivity index (χ1) is 8.66. The minimum Gasteiger partial charge on any atom is -0.342 e. The van der Waals surface area contributed by atoms with Gasteiger partial charge in [0.25, 0.3) is 0 Å². The van der Waals surface area contributed by atoms with Crippen LogP contribution >= 0.6 is 23.1 Å². The molecule has 1 saturated heterocycles. The van der Waals surface area contributed by atoms with Crippen molar-refractivity contribution in [1.82, 2.24) is 9.88 Å². The van der Waals surface area contributed by atoms with Gasteiger partial charge in [0.15, 0.2) is 4.34 Å². The molecule has 1 atom stereocenters. The van der Waals surface area contributed by atoms with E-state index in [1.165, 1.54) is 12.8 Å². The maximum Gasteiger partial charge on any atom is 0.235 e. The minimum atomic E-state index is -0.0198. The van der Waals surface area contributed by atoms with Crippen LogP contribution in [0.5, 0.6) is 0 Å². The second-order valence-corrected chi connectivity index (χ2v) is 7.20. The molecule has 0 saturated carbocycles. The van der Waals surface area contributed by atoms with Crippen molar-refractivity contribution < 1.29 is 4.79 Å². The first kappa shape index (κ1) is 13.9. The number of rotatable bonds is 3. The van der Waals surface area contributed by atoms with Crippen LogP contribution in [0.3, 0.4) is 0 Å². The van der Waals surface area contributed by atoms with E-state index in [2.05, 4.69) is 4.98 Å². The highest BCUT2D eigenvalue weighted by Crippen LogP contribution is 2.28. The molecule has 3 nitrogen and oxygen atoms in total. The van der Waals surface area contributed by atoms with Crippen molar-refractivity contribution in [3.05, 3.63) is 11.1 Å². The quantitative estimate of drug-likeness (QED) is 0.798. The van der Waals surface area contributed by atoms with Gasteiger partial charge in [-0.3, -0.25) is 4.79 Å². The molecule has 5 heteroatoms. The molecule has 100 valence electrons. The summed E-state index contributed by atoms with van der Waals surface area (Å²) in [6, 6.07) is 0. The zero-order valence-electron chi connectivity index (χ0n) is 11.0. The van der Waals surface area contributed by atoms with Crippen molar-refractivity contribution in [2.75, 3.05) is 13.1 Å². The van der Waals surface area contributed by atoms with Crippen molar-refractivity contribution in [2.45, 2.75) is 49.1 Å². The highest BCUT2D eigenvalue weighted by Gasteiger charge is 2.22. The third kappa shape index (κ3) is 3.72. The summed E-state index contributed by atoms with van der Waals surface area (Å²) in [7, 11) is 0. The Kier molecular flexibility index (Phi) is 5.06. The number of nitrogens with zero attached hydrogens (tertiary/aromatic N) is 2. The summed E-state index contributed by atoms with van der Waals surface area (Å²) < 4.78 is 1.00. The third-order valence-corrected chi connectivity index (χ3v) is 5.32. The molecular weight excluding hydrogens is 264 g/mol. The molecule has 1 aromatic heterocycles. The summed E-state index contributed by atoms with van der Waals surface area (Å²) in [5.41, 5.74) is 1.04.